The molecule has 20 heavy (non-hydrogen) atoms. The maximum atomic E-state index is 13.3. The van der Waals surface area contributed by atoms with Gasteiger partial charge in [-0.25, -0.2) is 14.2 Å². The molecule has 4 nitrogen and oxygen atoms in total. The molecule has 3 N–H and O–H groups in total. The van der Waals surface area contributed by atoms with E-state index in [0.717, 1.165) is 18.3 Å². The number of carbonyl (C=O) groups excluding carboxylic acids is 1. The van der Waals surface area contributed by atoms with Crippen LogP contribution in [0.15, 0.2) is 47.6 Å². The highest BCUT2D eigenvalue weighted by molar-refractivity contribution is 5.95. The van der Waals surface area contributed by atoms with Gasteiger partial charge in [0.2, 0.25) is 0 Å². The van der Waals surface area contributed by atoms with Crippen molar-refractivity contribution in [3.8, 4) is 0 Å². The minimum absolute atomic E-state index is 0.315. The molecule has 0 atom stereocenters. The zero-order chi connectivity index (χ0) is 14.5. The normalized spacial score (nSPS) is 10.7. The first-order chi connectivity index (χ1) is 9.58. The van der Waals surface area contributed by atoms with Crippen LogP contribution in [-0.4, -0.2) is 12.1 Å². The van der Waals surface area contributed by atoms with Gasteiger partial charge >= 0.3 is 0 Å². The Balaban J connectivity index is 2.06. The maximum Gasteiger partial charge on any atom is 0.271 e. The molecule has 6 heteroatoms. The van der Waals surface area contributed by atoms with Crippen LogP contribution in [0.3, 0.4) is 0 Å². The molecule has 0 saturated carbocycles. The summed E-state index contributed by atoms with van der Waals surface area (Å²) in [4.78, 5) is 11.7. The fourth-order valence-corrected chi connectivity index (χ4v) is 1.49. The summed E-state index contributed by atoms with van der Waals surface area (Å²) in [6.07, 6.45) is 0.917. The lowest BCUT2D eigenvalue weighted by Crippen LogP contribution is -2.17. The molecule has 0 saturated heterocycles. The Hall–Kier alpha value is -2.76. The smallest absolute Gasteiger partial charge is 0.271 e. The van der Waals surface area contributed by atoms with Crippen molar-refractivity contribution in [1.82, 2.24) is 5.43 Å². The third kappa shape index (κ3) is 3.17. The van der Waals surface area contributed by atoms with Crippen molar-refractivity contribution in [3.63, 3.8) is 0 Å². The van der Waals surface area contributed by atoms with E-state index in [-0.39, 0.29) is 5.56 Å². The van der Waals surface area contributed by atoms with Crippen LogP contribution < -0.4 is 11.2 Å². The van der Waals surface area contributed by atoms with Gasteiger partial charge in [-0.05, 0) is 36.4 Å². The molecule has 0 heterocycles. The summed E-state index contributed by atoms with van der Waals surface area (Å²) >= 11 is 0. The number of nitrogens with zero attached hydrogens (tertiary/aromatic N) is 1. The van der Waals surface area contributed by atoms with Crippen molar-refractivity contribution in [3.05, 3.63) is 65.2 Å². The van der Waals surface area contributed by atoms with Gasteiger partial charge in [0.05, 0.1) is 11.8 Å². The molecule has 1 amide bonds. The lowest BCUT2D eigenvalue weighted by atomic mass is 10.2. The summed E-state index contributed by atoms with van der Waals surface area (Å²) in [6, 6.07) is 9.62. The molecule has 0 fully saturated rings. The molecule has 0 aliphatic carbocycles. The van der Waals surface area contributed by atoms with Crippen LogP contribution in [-0.2, 0) is 0 Å². The Labute approximate surface area is 113 Å². The number of nitrogens with two attached hydrogens (primary N) is 1. The number of carbonyl (C=O) groups is 1. The molecule has 2 aromatic rings. The summed E-state index contributed by atoms with van der Waals surface area (Å²) in [5.41, 5.74) is 8.22. The number of nitrogen functional groups attached to an aromatic ring is 1. The van der Waals surface area contributed by atoms with E-state index in [2.05, 4.69) is 10.5 Å². The minimum atomic E-state index is -0.754. The van der Waals surface area contributed by atoms with Crippen LogP contribution in [0.2, 0.25) is 0 Å². The van der Waals surface area contributed by atoms with Crippen molar-refractivity contribution in [1.29, 1.82) is 0 Å². The Bertz CT molecular complexity index is 634. The van der Waals surface area contributed by atoms with Crippen LogP contribution in [0, 0.1) is 11.6 Å². The number of anilines is 1. The molecule has 102 valence electrons. The number of amides is 1. The van der Waals surface area contributed by atoms with Crippen molar-refractivity contribution in [2.75, 3.05) is 5.73 Å². The highest BCUT2D eigenvalue weighted by Gasteiger charge is 2.06. The second-order valence-corrected chi connectivity index (χ2v) is 3.96. The Kier molecular flexibility index (Phi) is 4.05. The number of hydrogen-bond acceptors (Lipinski definition) is 3. The van der Waals surface area contributed by atoms with Crippen molar-refractivity contribution >= 4 is 17.8 Å². The summed E-state index contributed by atoms with van der Waals surface area (Å²) < 4.78 is 26.6. The molecule has 0 bridgehead atoms. The van der Waals surface area contributed by atoms with E-state index in [4.69, 9.17) is 5.73 Å². The van der Waals surface area contributed by atoms with Gasteiger partial charge in [0, 0.05) is 11.3 Å². The third-order valence-electron chi connectivity index (χ3n) is 2.53. The summed E-state index contributed by atoms with van der Waals surface area (Å²) in [5.74, 6) is -2.01. The fraction of sp³-hybridized carbons (Fsp3) is 0. The minimum Gasteiger partial charge on any atom is -0.399 e. The molecule has 2 aromatic carbocycles. The number of benzene rings is 2. The van der Waals surface area contributed by atoms with E-state index in [9.17, 15) is 13.6 Å². The maximum absolute atomic E-state index is 13.3. The number of nitrogens with one attached hydrogen (secondary N) is 1. The van der Waals surface area contributed by atoms with Crippen LogP contribution in [0.25, 0.3) is 0 Å². The van der Waals surface area contributed by atoms with E-state index in [1.165, 1.54) is 18.2 Å². The summed E-state index contributed by atoms with van der Waals surface area (Å²) in [6.45, 7) is 0. The summed E-state index contributed by atoms with van der Waals surface area (Å²) in [7, 11) is 0. The predicted molar refractivity (Wildman–Crippen MR) is 72.3 cm³/mol. The molecule has 0 aromatic heterocycles. The van der Waals surface area contributed by atoms with Crippen LogP contribution in [0.5, 0.6) is 0 Å². The SMILES string of the molecule is Nc1ccc(C(=O)N/N=C\c2c(F)cccc2F)cc1. The molecule has 0 spiro atoms. The van der Waals surface area contributed by atoms with Crippen LogP contribution >= 0.6 is 0 Å². The Morgan fingerprint density at radius 2 is 1.70 bits per heavy atom. The monoisotopic (exact) mass is 275 g/mol. The van der Waals surface area contributed by atoms with Gasteiger partial charge in [0.25, 0.3) is 5.91 Å². The van der Waals surface area contributed by atoms with Gasteiger partial charge in [-0.15, -0.1) is 0 Å². The van der Waals surface area contributed by atoms with Gasteiger partial charge in [-0.1, -0.05) is 6.07 Å². The number of hydrazone groups is 1. The zero-order valence-corrected chi connectivity index (χ0v) is 10.3. The lowest BCUT2D eigenvalue weighted by molar-refractivity contribution is 0.0955. The fourth-order valence-electron chi connectivity index (χ4n) is 1.49. The van der Waals surface area contributed by atoms with Gasteiger partial charge < -0.3 is 5.73 Å². The number of hydrogen-bond donors (Lipinski definition) is 2. The lowest BCUT2D eigenvalue weighted by Gasteiger charge is -2.01. The Morgan fingerprint density at radius 1 is 1.10 bits per heavy atom. The van der Waals surface area contributed by atoms with Gasteiger partial charge in [-0.3, -0.25) is 4.79 Å². The quantitative estimate of drug-likeness (QED) is 0.513. The van der Waals surface area contributed by atoms with E-state index in [1.807, 2.05) is 0 Å². The second-order valence-electron chi connectivity index (χ2n) is 3.96. The first-order valence-electron chi connectivity index (χ1n) is 5.71. The first kappa shape index (κ1) is 13.7. The van der Waals surface area contributed by atoms with Crippen LogP contribution in [0.4, 0.5) is 14.5 Å². The van der Waals surface area contributed by atoms with Gasteiger partial charge in [-0.2, -0.15) is 5.10 Å². The zero-order valence-electron chi connectivity index (χ0n) is 10.3. The molecule has 0 aliphatic rings. The van der Waals surface area contributed by atoms with Crippen molar-refractivity contribution < 1.29 is 13.6 Å². The Morgan fingerprint density at radius 3 is 2.30 bits per heavy atom. The van der Waals surface area contributed by atoms with E-state index in [1.54, 1.807) is 12.1 Å². The van der Waals surface area contributed by atoms with Crippen molar-refractivity contribution in [2.24, 2.45) is 5.10 Å². The summed E-state index contributed by atoms with van der Waals surface area (Å²) in [5, 5.41) is 3.53. The highest BCUT2D eigenvalue weighted by Crippen LogP contribution is 2.09. The average Bonchev–Trinajstić information content (AvgIpc) is 2.42. The van der Waals surface area contributed by atoms with Gasteiger partial charge in [0.15, 0.2) is 0 Å². The standard InChI is InChI=1S/C14H11F2N3O/c15-12-2-1-3-13(16)11(12)8-18-19-14(20)9-4-6-10(17)7-5-9/h1-8H,17H2,(H,19,20)/b18-8-. The van der Waals surface area contributed by atoms with Crippen LogP contribution in [0.1, 0.15) is 15.9 Å². The average molecular weight is 275 g/mol. The van der Waals surface area contributed by atoms with Crippen molar-refractivity contribution in [2.45, 2.75) is 0 Å². The predicted octanol–water partition coefficient (Wildman–Crippen LogP) is 2.31. The molecule has 2 rings (SSSR count). The molecular weight excluding hydrogens is 264 g/mol. The highest BCUT2D eigenvalue weighted by atomic mass is 19.1. The van der Waals surface area contributed by atoms with E-state index >= 15 is 0 Å². The molecule has 0 unspecified atom stereocenters. The molecule has 0 radical (unpaired) electrons. The van der Waals surface area contributed by atoms with E-state index < -0.39 is 17.5 Å². The third-order valence-corrected chi connectivity index (χ3v) is 2.53. The number of rotatable bonds is 3. The van der Waals surface area contributed by atoms with E-state index in [0.29, 0.717) is 11.3 Å². The second kappa shape index (κ2) is 5.92. The van der Waals surface area contributed by atoms with Gasteiger partial charge in [0.1, 0.15) is 11.6 Å². The first-order valence-corrected chi connectivity index (χ1v) is 5.71. The number of halogens is 2. The largest absolute Gasteiger partial charge is 0.399 e. The topological polar surface area (TPSA) is 67.5 Å². The molecule has 0 aliphatic heterocycles. The molecular formula is C14H11F2N3O.